The van der Waals surface area contributed by atoms with E-state index in [2.05, 4.69) is 4.98 Å². The van der Waals surface area contributed by atoms with Crippen LogP contribution < -0.4 is 10.3 Å². The van der Waals surface area contributed by atoms with Gasteiger partial charge in [0, 0.05) is 11.1 Å². The molecule has 0 unspecified atom stereocenters. The number of halogens is 5. The summed E-state index contributed by atoms with van der Waals surface area (Å²) in [7, 11) is 0. The maximum absolute atomic E-state index is 12.9. The van der Waals surface area contributed by atoms with E-state index in [9.17, 15) is 26.7 Å². The number of nitriles is 1. The Hall–Kier alpha value is -2.96. The van der Waals surface area contributed by atoms with Crippen molar-refractivity contribution in [3.63, 3.8) is 0 Å². The molecule has 0 bridgehead atoms. The van der Waals surface area contributed by atoms with Crippen LogP contribution in [0.1, 0.15) is 56.5 Å². The Morgan fingerprint density at radius 1 is 1.18 bits per heavy atom. The molecule has 5 nitrogen and oxygen atoms in total. The fourth-order valence-electron chi connectivity index (χ4n) is 1.85. The number of ether oxygens (including phenoxy) is 1. The number of rotatable bonds is 3. The van der Waals surface area contributed by atoms with E-state index in [1.807, 2.05) is 32.7 Å². The fraction of sp³-hybridized carbons (Fsp3) is 0.389. The maximum atomic E-state index is 12.9. The number of hydrogen-bond acceptors (Lipinski definition) is 4. The highest BCUT2D eigenvalue weighted by Gasteiger charge is 2.38. The Morgan fingerprint density at radius 2 is 1.75 bits per heavy atom. The number of hydrogen-bond donors (Lipinski definition) is 1. The minimum atomic E-state index is -4.99. The van der Waals surface area contributed by atoms with Crippen molar-refractivity contribution in [2.24, 2.45) is 0 Å². The van der Waals surface area contributed by atoms with Crippen molar-refractivity contribution in [3.8, 4) is 17.6 Å². The van der Waals surface area contributed by atoms with Gasteiger partial charge in [-0.1, -0.05) is 27.7 Å². The highest BCUT2D eigenvalue weighted by Crippen LogP contribution is 2.36. The molecule has 0 amide bonds. The Morgan fingerprint density at radius 3 is 2.21 bits per heavy atom. The molecule has 2 aromatic rings. The monoisotopic (exact) mass is 405 g/mol. The third-order valence-corrected chi connectivity index (χ3v) is 3.05. The van der Waals surface area contributed by atoms with Crippen molar-refractivity contribution in [1.82, 2.24) is 9.97 Å². The second-order valence-electron chi connectivity index (χ2n) is 4.61. The number of H-pyrrole nitrogens is 1. The van der Waals surface area contributed by atoms with Gasteiger partial charge in [-0.05, 0) is 19.1 Å². The SMILES string of the molecule is CC.CC.Cc1c(C#N)cc(C(F)F)cc1Oc1c(C(F)(F)F)nc[nH]c1=O. The third kappa shape index (κ3) is 6.04. The third-order valence-electron chi connectivity index (χ3n) is 3.05. The van der Waals surface area contributed by atoms with Crippen LogP contribution in [-0.2, 0) is 6.18 Å². The summed E-state index contributed by atoms with van der Waals surface area (Å²) >= 11 is 0. The van der Waals surface area contributed by atoms with E-state index in [1.165, 1.54) is 6.92 Å². The van der Waals surface area contributed by atoms with E-state index in [0.29, 0.717) is 6.33 Å². The molecule has 0 saturated carbocycles. The van der Waals surface area contributed by atoms with E-state index in [0.717, 1.165) is 12.1 Å². The van der Waals surface area contributed by atoms with Crippen LogP contribution in [0, 0.1) is 18.3 Å². The summed E-state index contributed by atoms with van der Waals surface area (Å²) in [4.78, 5) is 16.6. The molecule has 2 rings (SSSR count). The van der Waals surface area contributed by atoms with Gasteiger partial charge in [0.05, 0.1) is 18.0 Å². The number of nitrogens with one attached hydrogen (secondary N) is 1. The average Bonchev–Trinajstić information content (AvgIpc) is 2.67. The lowest BCUT2D eigenvalue weighted by molar-refractivity contribution is -0.142. The van der Waals surface area contributed by atoms with Crippen LogP contribution in [-0.4, -0.2) is 9.97 Å². The Kier molecular flexibility index (Phi) is 9.85. The van der Waals surface area contributed by atoms with Crippen molar-refractivity contribution >= 4 is 0 Å². The van der Waals surface area contributed by atoms with Crippen LogP contribution in [0.3, 0.4) is 0 Å². The second-order valence-corrected chi connectivity index (χ2v) is 4.61. The van der Waals surface area contributed by atoms with Crippen LogP contribution in [0.4, 0.5) is 22.0 Å². The normalized spacial score (nSPS) is 10.2. The molecular formula is C18H20F5N3O2. The van der Waals surface area contributed by atoms with Gasteiger partial charge in [0.25, 0.3) is 12.0 Å². The van der Waals surface area contributed by atoms with Gasteiger partial charge in [-0.15, -0.1) is 0 Å². The van der Waals surface area contributed by atoms with Crippen molar-refractivity contribution in [3.05, 3.63) is 51.2 Å². The summed E-state index contributed by atoms with van der Waals surface area (Å²) in [6.07, 6.45) is -7.42. The number of aromatic amines is 1. The summed E-state index contributed by atoms with van der Waals surface area (Å²) in [5.41, 5.74) is -3.67. The van der Waals surface area contributed by atoms with Gasteiger partial charge in [0.2, 0.25) is 5.75 Å². The number of aromatic nitrogens is 2. The number of alkyl halides is 5. The lowest BCUT2D eigenvalue weighted by Gasteiger charge is -2.14. The van der Waals surface area contributed by atoms with Gasteiger partial charge in [-0.25, -0.2) is 13.8 Å². The summed E-state index contributed by atoms with van der Waals surface area (Å²) in [6.45, 7) is 9.29. The lowest BCUT2D eigenvalue weighted by Crippen LogP contribution is -2.19. The van der Waals surface area contributed by atoms with Crippen LogP contribution in [0.5, 0.6) is 11.5 Å². The largest absolute Gasteiger partial charge is 0.449 e. The summed E-state index contributed by atoms with van der Waals surface area (Å²) in [5, 5.41) is 8.94. The van der Waals surface area contributed by atoms with Crippen LogP contribution in [0.2, 0.25) is 0 Å². The first kappa shape index (κ1) is 25.0. The molecule has 0 aliphatic heterocycles. The molecule has 154 valence electrons. The first-order chi connectivity index (χ1) is 13.1. The average molecular weight is 405 g/mol. The van der Waals surface area contributed by atoms with Crippen molar-refractivity contribution < 1.29 is 26.7 Å². The minimum absolute atomic E-state index is 0.0123. The van der Waals surface area contributed by atoms with E-state index < -0.39 is 40.9 Å². The molecule has 1 aromatic heterocycles. The van der Waals surface area contributed by atoms with E-state index in [1.54, 1.807) is 6.07 Å². The summed E-state index contributed by atoms with van der Waals surface area (Å²) < 4.78 is 69.4. The van der Waals surface area contributed by atoms with Crippen LogP contribution >= 0.6 is 0 Å². The van der Waals surface area contributed by atoms with Crippen molar-refractivity contribution in [2.75, 3.05) is 0 Å². The zero-order valence-corrected chi connectivity index (χ0v) is 15.9. The predicted molar refractivity (Wildman–Crippen MR) is 93.5 cm³/mol. The highest BCUT2D eigenvalue weighted by atomic mass is 19.4. The first-order valence-corrected chi connectivity index (χ1v) is 8.30. The molecule has 0 fully saturated rings. The molecule has 1 heterocycles. The van der Waals surface area contributed by atoms with E-state index in [4.69, 9.17) is 10.00 Å². The van der Waals surface area contributed by atoms with Crippen LogP contribution in [0.25, 0.3) is 0 Å². The topological polar surface area (TPSA) is 78.8 Å². The van der Waals surface area contributed by atoms with Gasteiger partial charge in [0.1, 0.15) is 5.75 Å². The quantitative estimate of drug-likeness (QED) is 0.660. The molecule has 0 atom stereocenters. The minimum Gasteiger partial charge on any atom is -0.449 e. The molecular weight excluding hydrogens is 385 g/mol. The molecule has 28 heavy (non-hydrogen) atoms. The smallest absolute Gasteiger partial charge is 0.437 e. The van der Waals surface area contributed by atoms with Crippen molar-refractivity contribution in [2.45, 2.75) is 47.2 Å². The highest BCUT2D eigenvalue weighted by molar-refractivity contribution is 5.50. The van der Waals surface area contributed by atoms with Gasteiger partial charge < -0.3 is 9.72 Å². The Bertz CT molecular complexity index is 871. The summed E-state index contributed by atoms with van der Waals surface area (Å²) in [5.74, 6) is -1.66. The van der Waals surface area contributed by atoms with E-state index in [-0.39, 0.29) is 11.1 Å². The fourth-order valence-corrected chi connectivity index (χ4v) is 1.85. The van der Waals surface area contributed by atoms with Gasteiger partial charge in [-0.3, -0.25) is 4.79 Å². The maximum Gasteiger partial charge on any atom is 0.437 e. The van der Waals surface area contributed by atoms with Gasteiger partial charge in [-0.2, -0.15) is 18.4 Å². The molecule has 0 aliphatic rings. The molecule has 0 saturated heterocycles. The van der Waals surface area contributed by atoms with Gasteiger partial charge >= 0.3 is 6.18 Å². The summed E-state index contributed by atoms with van der Waals surface area (Å²) in [6, 6.07) is 3.30. The number of nitrogens with zero attached hydrogens (tertiary/aromatic N) is 2. The molecule has 0 spiro atoms. The Balaban J connectivity index is 0.00000171. The lowest BCUT2D eigenvalue weighted by atomic mass is 10.0. The number of benzene rings is 1. The second kappa shape index (κ2) is 11.0. The molecule has 10 heteroatoms. The zero-order valence-electron chi connectivity index (χ0n) is 15.9. The zero-order chi connectivity index (χ0) is 22.1. The van der Waals surface area contributed by atoms with Gasteiger partial charge in [0.15, 0.2) is 5.69 Å². The Labute approximate surface area is 158 Å². The predicted octanol–water partition coefficient (Wildman–Crippen LogP) is 5.75. The molecule has 1 aromatic carbocycles. The van der Waals surface area contributed by atoms with E-state index >= 15 is 0 Å². The van der Waals surface area contributed by atoms with Crippen LogP contribution in [0.15, 0.2) is 23.3 Å². The van der Waals surface area contributed by atoms with Crippen molar-refractivity contribution in [1.29, 1.82) is 5.26 Å². The first-order valence-electron chi connectivity index (χ1n) is 8.30. The standard InChI is InChI=1S/C14H8F5N3O2.2C2H6/c1-6-8(4-20)2-7(12(15)16)3-9(6)24-10-11(14(17,18)19)21-5-22-13(10)23;2*1-2/h2-3,5,12H,1H3,(H,21,22,23);2*1-2H3. The molecule has 0 radical (unpaired) electrons. The molecule has 0 aliphatic carbocycles. The molecule has 1 N–H and O–H groups in total.